The summed E-state index contributed by atoms with van der Waals surface area (Å²) in [6.45, 7) is 3.61. The van der Waals surface area contributed by atoms with Crippen LogP contribution < -0.4 is 20.1 Å². The largest absolute Gasteiger partial charge is 0.465 e. The maximum Gasteiger partial charge on any atom is 0.337 e. The number of benzene rings is 2. The van der Waals surface area contributed by atoms with Crippen LogP contribution in [-0.4, -0.2) is 55.9 Å². The van der Waals surface area contributed by atoms with Crippen LogP contribution in [0.2, 0.25) is 5.02 Å². The number of nitrogens with zero attached hydrogens (tertiary/aromatic N) is 1. The molecule has 4 atom stereocenters. The highest BCUT2D eigenvalue weighted by molar-refractivity contribution is 6.30. The van der Waals surface area contributed by atoms with Crippen molar-refractivity contribution in [3.8, 4) is 11.5 Å². The van der Waals surface area contributed by atoms with E-state index in [0.717, 1.165) is 25.0 Å². The van der Waals surface area contributed by atoms with E-state index >= 15 is 0 Å². The van der Waals surface area contributed by atoms with Crippen LogP contribution in [0.5, 0.6) is 11.5 Å². The summed E-state index contributed by atoms with van der Waals surface area (Å²) in [6, 6.07) is 14.4. The second-order valence-corrected chi connectivity index (χ2v) is 11.5. The standard InChI is InChI=1S/C32H34ClN3O7/c1-32(28-11-8-21(33)16-35-28)42-27-5-3-4-24(30(27)43-32)20-6-9-22(41-18-20)15-29(37)36-25-10-7-19(31(38)39-2)14-26(25)34-17-23-12-13-40-23/h3-5,7-8,10-11,14,16,20,22-23,34H,6,9,12-13,15,17-18H2,1-2H3,(H,36,37)/t20-,22-,23+,32-/m1/s1. The number of carbonyl (C=O) groups is 2. The minimum absolute atomic E-state index is 0.0915. The molecule has 3 aliphatic rings. The zero-order valence-corrected chi connectivity index (χ0v) is 24.8. The fourth-order valence-corrected chi connectivity index (χ4v) is 5.66. The van der Waals surface area contributed by atoms with E-state index in [1.54, 1.807) is 36.5 Å². The predicted molar refractivity (Wildman–Crippen MR) is 160 cm³/mol. The number of fused-ring (bicyclic) bond motifs is 1. The molecule has 10 nitrogen and oxygen atoms in total. The quantitative estimate of drug-likeness (QED) is 0.297. The first kappa shape index (κ1) is 29.2. The lowest BCUT2D eigenvalue weighted by atomic mass is 9.90. The molecule has 4 heterocycles. The van der Waals surface area contributed by atoms with Crippen molar-refractivity contribution in [3.63, 3.8) is 0 Å². The average Bonchev–Trinajstić information content (AvgIpc) is 3.35. The first-order chi connectivity index (χ1) is 20.8. The minimum Gasteiger partial charge on any atom is -0.465 e. The second kappa shape index (κ2) is 12.4. The summed E-state index contributed by atoms with van der Waals surface area (Å²) >= 11 is 6.02. The number of rotatable bonds is 9. The van der Waals surface area contributed by atoms with Crippen molar-refractivity contribution in [2.24, 2.45) is 0 Å². The lowest BCUT2D eigenvalue weighted by molar-refractivity contribution is -0.120. The van der Waals surface area contributed by atoms with E-state index in [2.05, 4.69) is 15.6 Å². The van der Waals surface area contributed by atoms with Gasteiger partial charge in [0.25, 0.3) is 5.79 Å². The number of amides is 1. The Kier molecular flexibility index (Phi) is 8.43. The molecule has 43 heavy (non-hydrogen) atoms. The van der Waals surface area contributed by atoms with Gasteiger partial charge in [-0.25, -0.2) is 4.79 Å². The van der Waals surface area contributed by atoms with Crippen molar-refractivity contribution in [1.29, 1.82) is 0 Å². The first-order valence-corrected chi connectivity index (χ1v) is 14.8. The summed E-state index contributed by atoms with van der Waals surface area (Å²) in [6.07, 6.45) is 4.18. The van der Waals surface area contributed by atoms with Gasteiger partial charge in [0, 0.05) is 37.8 Å². The van der Waals surface area contributed by atoms with Crippen LogP contribution in [0.1, 0.15) is 60.1 Å². The Hall–Kier alpha value is -3.86. The highest BCUT2D eigenvalue weighted by Crippen LogP contribution is 2.49. The molecule has 1 amide bonds. The third-order valence-corrected chi connectivity index (χ3v) is 8.28. The molecule has 2 N–H and O–H groups in total. The molecule has 11 heteroatoms. The van der Waals surface area contributed by atoms with Crippen LogP contribution in [0.25, 0.3) is 0 Å². The van der Waals surface area contributed by atoms with Gasteiger partial charge in [-0.2, -0.15) is 0 Å². The molecule has 0 aliphatic carbocycles. The van der Waals surface area contributed by atoms with Crippen molar-refractivity contribution in [3.05, 3.63) is 76.6 Å². The fraction of sp³-hybridized carbons (Fsp3) is 0.406. The van der Waals surface area contributed by atoms with Crippen molar-refractivity contribution in [1.82, 2.24) is 4.98 Å². The summed E-state index contributed by atoms with van der Waals surface area (Å²) < 4.78 is 29.1. The van der Waals surface area contributed by atoms with Crippen LogP contribution in [-0.2, 0) is 24.8 Å². The van der Waals surface area contributed by atoms with Gasteiger partial charge in [0.05, 0.1) is 54.3 Å². The van der Waals surface area contributed by atoms with Gasteiger partial charge < -0.3 is 34.3 Å². The van der Waals surface area contributed by atoms with Gasteiger partial charge in [-0.05, 0) is 55.7 Å². The maximum absolute atomic E-state index is 13.1. The Balaban J connectivity index is 1.06. The van der Waals surface area contributed by atoms with Gasteiger partial charge in [-0.3, -0.25) is 9.78 Å². The van der Waals surface area contributed by atoms with E-state index in [9.17, 15) is 9.59 Å². The first-order valence-electron chi connectivity index (χ1n) is 14.4. The van der Waals surface area contributed by atoms with Crippen molar-refractivity contribution in [2.75, 3.05) is 37.5 Å². The summed E-state index contributed by atoms with van der Waals surface area (Å²) in [5.41, 5.74) is 3.25. The summed E-state index contributed by atoms with van der Waals surface area (Å²) in [5.74, 6) is -0.237. The molecule has 0 radical (unpaired) electrons. The van der Waals surface area contributed by atoms with Gasteiger partial charge in [-0.1, -0.05) is 23.7 Å². The monoisotopic (exact) mass is 607 g/mol. The lowest BCUT2D eigenvalue weighted by Gasteiger charge is -2.30. The number of para-hydroxylation sites is 1. The molecule has 0 saturated carbocycles. The average molecular weight is 608 g/mol. The third-order valence-electron chi connectivity index (χ3n) is 8.05. The number of aromatic nitrogens is 1. The number of esters is 1. The van der Waals surface area contributed by atoms with Crippen molar-refractivity contribution >= 4 is 34.9 Å². The number of ether oxygens (including phenoxy) is 5. The number of halogens is 1. The molecule has 0 bridgehead atoms. The zero-order chi connectivity index (χ0) is 30.0. The number of methoxy groups -OCH3 is 1. The molecule has 3 aliphatic heterocycles. The molecule has 2 aromatic carbocycles. The van der Waals surface area contributed by atoms with E-state index < -0.39 is 11.8 Å². The molecule has 226 valence electrons. The van der Waals surface area contributed by atoms with Gasteiger partial charge in [0.2, 0.25) is 5.91 Å². The molecular weight excluding hydrogens is 574 g/mol. The molecule has 6 rings (SSSR count). The van der Waals surface area contributed by atoms with Crippen molar-refractivity contribution < 1.29 is 33.3 Å². The lowest BCUT2D eigenvalue weighted by Crippen LogP contribution is -2.34. The summed E-state index contributed by atoms with van der Waals surface area (Å²) in [7, 11) is 1.34. The van der Waals surface area contributed by atoms with E-state index in [1.807, 2.05) is 25.1 Å². The Labute approximate surface area is 255 Å². The summed E-state index contributed by atoms with van der Waals surface area (Å²) in [5, 5.41) is 6.82. The Bertz CT molecular complexity index is 1490. The van der Waals surface area contributed by atoms with Crippen LogP contribution in [0.3, 0.4) is 0 Å². The number of nitrogens with one attached hydrogen (secondary N) is 2. The van der Waals surface area contributed by atoms with Crippen LogP contribution in [0.15, 0.2) is 54.7 Å². The highest BCUT2D eigenvalue weighted by atomic mass is 35.5. The highest BCUT2D eigenvalue weighted by Gasteiger charge is 2.42. The van der Waals surface area contributed by atoms with Gasteiger partial charge in [0.15, 0.2) is 11.5 Å². The van der Waals surface area contributed by atoms with Gasteiger partial charge >= 0.3 is 5.97 Å². The molecule has 0 unspecified atom stereocenters. The van der Waals surface area contributed by atoms with Gasteiger partial charge in [0.1, 0.15) is 5.69 Å². The smallest absolute Gasteiger partial charge is 0.337 e. The van der Waals surface area contributed by atoms with E-state index in [-0.39, 0.29) is 30.5 Å². The Morgan fingerprint density at radius 2 is 1.91 bits per heavy atom. The Morgan fingerprint density at radius 3 is 2.60 bits per heavy atom. The number of carbonyl (C=O) groups excluding carboxylic acids is 2. The maximum atomic E-state index is 13.1. The third kappa shape index (κ3) is 6.41. The minimum atomic E-state index is -1.06. The van der Waals surface area contributed by atoms with Gasteiger partial charge in [-0.15, -0.1) is 0 Å². The number of hydrogen-bond donors (Lipinski definition) is 2. The van der Waals surface area contributed by atoms with Crippen LogP contribution in [0.4, 0.5) is 11.4 Å². The van der Waals surface area contributed by atoms with Crippen LogP contribution in [0, 0.1) is 0 Å². The fourth-order valence-electron chi connectivity index (χ4n) is 5.55. The molecule has 0 spiro atoms. The molecule has 2 fully saturated rings. The number of hydrogen-bond acceptors (Lipinski definition) is 9. The number of pyridine rings is 1. The van der Waals surface area contributed by atoms with E-state index in [0.29, 0.717) is 58.7 Å². The normalized spacial score (nSPS) is 24.1. The predicted octanol–water partition coefficient (Wildman–Crippen LogP) is 5.66. The van der Waals surface area contributed by atoms with E-state index in [4.69, 9.17) is 35.3 Å². The molecular formula is C32H34ClN3O7. The second-order valence-electron chi connectivity index (χ2n) is 11.1. The van der Waals surface area contributed by atoms with Crippen LogP contribution >= 0.6 is 11.6 Å². The molecule has 1 aromatic heterocycles. The molecule has 3 aromatic rings. The summed E-state index contributed by atoms with van der Waals surface area (Å²) in [4.78, 5) is 29.5. The SMILES string of the molecule is COC(=O)c1ccc(NC(=O)C[C@H]2CC[C@@H](c3cccc4c3O[C@](C)(c3ccc(Cl)cn3)O4)CO2)c(NC[C@@H]2CCO2)c1. The van der Waals surface area contributed by atoms with Crippen molar-refractivity contribution in [2.45, 2.75) is 56.5 Å². The Morgan fingerprint density at radius 1 is 1.05 bits per heavy atom. The topological polar surface area (TPSA) is 117 Å². The zero-order valence-electron chi connectivity index (χ0n) is 24.1. The number of anilines is 2. The molecule has 2 saturated heterocycles. The van der Waals surface area contributed by atoms with E-state index in [1.165, 1.54) is 7.11 Å².